The summed E-state index contributed by atoms with van der Waals surface area (Å²) in [7, 11) is 0. The number of aliphatic hydroxyl groups excluding tert-OH is 1. The van der Waals surface area contributed by atoms with Crippen LogP contribution in [0.3, 0.4) is 0 Å². The van der Waals surface area contributed by atoms with Crippen molar-refractivity contribution in [3.8, 4) is 0 Å². The molecule has 0 spiro atoms. The largest absolute Gasteiger partial charge is 0.392 e. The lowest BCUT2D eigenvalue weighted by Gasteiger charge is -2.07. The second-order valence-electron chi connectivity index (χ2n) is 3.24. The summed E-state index contributed by atoms with van der Waals surface area (Å²) in [5.74, 6) is 0.751. The van der Waals surface area contributed by atoms with Crippen molar-refractivity contribution in [2.45, 2.75) is 33.3 Å². The quantitative estimate of drug-likeness (QED) is 0.566. The third-order valence-corrected chi connectivity index (χ3v) is 1.34. The number of hydrogen-bond donors (Lipinski definition) is 2. The Kier molecular flexibility index (Phi) is 5.64. The predicted octanol–water partition coefficient (Wildman–Crippen LogP) is 1.00. The highest BCUT2D eigenvalue weighted by molar-refractivity contribution is 4.54. The van der Waals surface area contributed by atoms with E-state index >= 15 is 0 Å². The average Bonchev–Trinajstić information content (AvgIpc) is 1.79. The SMILES string of the molecule is CC(C)CCNC[C@@H](C)O. The van der Waals surface area contributed by atoms with Crippen molar-refractivity contribution < 1.29 is 5.11 Å². The van der Waals surface area contributed by atoms with Crippen molar-refractivity contribution in [2.24, 2.45) is 5.92 Å². The Bertz CT molecular complexity index is 61.7. The lowest BCUT2D eigenvalue weighted by molar-refractivity contribution is 0.191. The Hall–Kier alpha value is -0.0800. The molecule has 10 heavy (non-hydrogen) atoms. The standard InChI is InChI=1S/C8H19NO/c1-7(2)4-5-9-6-8(3)10/h7-10H,4-6H2,1-3H3/t8-/m1/s1. The van der Waals surface area contributed by atoms with Crippen LogP contribution in [0.2, 0.25) is 0 Å². The fraction of sp³-hybridized carbons (Fsp3) is 1.00. The minimum absolute atomic E-state index is 0.216. The van der Waals surface area contributed by atoms with Gasteiger partial charge in [-0.25, -0.2) is 0 Å². The molecule has 0 bridgehead atoms. The first kappa shape index (κ1) is 9.92. The molecule has 0 fully saturated rings. The highest BCUT2D eigenvalue weighted by Gasteiger charge is 1.95. The Labute approximate surface area is 63.6 Å². The Balaban J connectivity index is 2.91. The molecule has 0 amide bonds. The van der Waals surface area contributed by atoms with Crippen LogP contribution in [0.1, 0.15) is 27.2 Å². The van der Waals surface area contributed by atoms with E-state index in [4.69, 9.17) is 5.11 Å². The fourth-order valence-corrected chi connectivity index (χ4v) is 0.702. The van der Waals surface area contributed by atoms with Crippen molar-refractivity contribution in [3.63, 3.8) is 0 Å². The smallest absolute Gasteiger partial charge is 0.0636 e. The summed E-state index contributed by atoms with van der Waals surface area (Å²) in [5.41, 5.74) is 0. The third kappa shape index (κ3) is 7.92. The number of nitrogens with one attached hydrogen (secondary N) is 1. The molecule has 0 radical (unpaired) electrons. The summed E-state index contributed by atoms with van der Waals surface area (Å²) >= 11 is 0. The van der Waals surface area contributed by atoms with E-state index in [9.17, 15) is 0 Å². The molecule has 62 valence electrons. The molecule has 2 heteroatoms. The third-order valence-electron chi connectivity index (χ3n) is 1.34. The van der Waals surface area contributed by atoms with E-state index in [2.05, 4.69) is 19.2 Å². The van der Waals surface area contributed by atoms with Gasteiger partial charge in [-0.05, 0) is 25.8 Å². The molecular weight excluding hydrogens is 126 g/mol. The van der Waals surface area contributed by atoms with E-state index in [1.54, 1.807) is 6.92 Å². The Morgan fingerprint density at radius 1 is 1.30 bits per heavy atom. The molecule has 0 saturated carbocycles. The van der Waals surface area contributed by atoms with Gasteiger partial charge in [0.15, 0.2) is 0 Å². The molecule has 2 nitrogen and oxygen atoms in total. The molecule has 1 atom stereocenters. The molecule has 0 aliphatic heterocycles. The van der Waals surface area contributed by atoms with Gasteiger partial charge in [-0.2, -0.15) is 0 Å². The lowest BCUT2D eigenvalue weighted by atomic mass is 10.1. The molecule has 0 aromatic heterocycles. The normalized spacial score (nSPS) is 14.1. The van der Waals surface area contributed by atoms with Crippen molar-refractivity contribution in [1.29, 1.82) is 0 Å². The summed E-state index contributed by atoms with van der Waals surface area (Å²) in [4.78, 5) is 0. The van der Waals surface area contributed by atoms with Gasteiger partial charge >= 0.3 is 0 Å². The van der Waals surface area contributed by atoms with Crippen LogP contribution >= 0.6 is 0 Å². The van der Waals surface area contributed by atoms with Crippen LogP contribution in [-0.4, -0.2) is 24.3 Å². The van der Waals surface area contributed by atoms with Crippen LogP contribution in [0.4, 0.5) is 0 Å². The van der Waals surface area contributed by atoms with Gasteiger partial charge in [0.25, 0.3) is 0 Å². The highest BCUT2D eigenvalue weighted by Crippen LogP contribution is 1.95. The molecule has 0 aliphatic carbocycles. The van der Waals surface area contributed by atoms with Gasteiger partial charge in [-0.1, -0.05) is 13.8 Å². The molecule has 0 aliphatic rings. The van der Waals surface area contributed by atoms with E-state index in [1.807, 2.05) is 0 Å². The topological polar surface area (TPSA) is 32.3 Å². The summed E-state index contributed by atoms with van der Waals surface area (Å²) < 4.78 is 0. The van der Waals surface area contributed by atoms with Crippen molar-refractivity contribution in [2.75, 3.05) is 13.1 Å². The summed E-state index contributed by atoms with van der Waals surface area (Å²) in [6, 6.07) is 0. The highest BCUT2D eigenvalue weighted by atomic mass is 16.3. The van der Waals surface area contributed by atoms with E-state index in [0.717, 1.165) is 12.5 Å². The molecule has 0 rings (SSSR count). The van der Waals surface area contributed by atoms with Gasteiger partial charge in [0.05, 0.1) is 6.10 Å². The zero-order valence-corrected chi connectivity index (χ0v) is 7.22. The maximum atomic E-state index is 8.86. The molecule has 0 heterocycles. The van der Waals surface area contributed by atoms with Crippen LogP contribution in [0.5, 0.6) is 0 Å². The van der Waals surface area contributed by atoms with Crippen LogP contribution in [-0.2, 0) is 0 Å². The summed E-state index contributed by atoms with van der Waals surface area (Å²) in [6.07, 6.45) is 0.972. The lowest BCUT2D eigenvalue weighted by Crippen LogP contribution is -2.25. The molecule has 2 N–H and O–H groups in total. The Morgan fingerprint density at radius 2 is 1.90 bits per heavy atom. The van der Waals surface area contributed by atoms with Gasteiger partial charge < -0.3 is 10.4 Å². The van der Waals surface area contributed by atoms with Crippen molar-refractivity contribution in [1.82, 2.24) is 5.32 Å². The van der Waals surface area contributed by atoms with Crippen LogP contribution < -0.4 is 5.32 Å². The Morgan fingerprint density at radius 3 is 2.30 bits per heavy atom. The van der Waals surface area contributed by atoms with Gasteiger partial charge in [0.1, 0.15) is 0 Å². The first-order valence-corrected chi connectivity index (χ1v) is 4.01. The van der Waals surface area contributed by atoms with E-state index in [1.165, 1.54) is 6.42 Å². The molecular formula is C8H19NO. The summed E-state index contributed by atoms with van der Waals surface area (Å²) in [5, 5.41) is 12.0. The fourth-order valence-electron chi connectivity index (χ4n) is 0.702. The first-order valence-electron chi connectivity index (χ1n) is 4.01. The molecule has 0 unspecified atom stereocenters. The first-order chi connectivity index (χ1) is 4.63. The van der Waals surface area contributed by atoms with Crippen LogP contribution in [0.25, 0.3) is 0 Å². The monoisotopic (exact) mass is 145 g/mol. The molecule has 0 aromatic carbocycles. The van der Waals surface area contributed by atoms with Crippen LogP contribution in [0.15, 0.2) is 0 Å². The minimum atomic E-state index is -0.216. The summed E-state index contributed by atoms with van der Waals surface area (Å²) in [6.45, 7) is 7.92. The van der Waals surface area contributed by atoms with Gasteiger partial charge in [0.2, 0.25) is 0 Å². The average molecular weight is 145 g/mol. The van der Waals surface area contributed by atoms with Gasteiger partial charge in [-0.15, -0.1) is 0 Å². The van der Waals surface area contributed by atoms with E-state index < -0.39 is 0 Å². The van der Waals surface area contributed by atoms with Crippen molar-refractivity contribution >= 4 is 0 Å². The van der Waals surface area contributed by atoms with Gasteiger partial charge in [-0.3, -0.25) is 0 Å². The maximum absolute atomic E-state index is 8.86. The second kappa shape index (κ2) is 5.69. The number of hydrogen-bond acceptors (Lipinski definition) is 2. The van der Waals surface area contributed by atoms with E-state index in [0.29, 0.717) is 6.54 Å². The second-order valence-corrected chi connectivity index (χ2v) is 3.24. The van der Waals surface area contributed by atoms with E-state index in [-0.39, 0.29) is 6.10 Å². The predicted molar refractivity (Wildman–Crippen MR) is 44.0 cm³/mol. The number of rotatable bonds is 5. The minimum Gasteiger partial charge on any atom is -0.392 e. The maximum Gasteiger partial charge on any atom is 0.0636 e. The van der Waals surface area contributed by atoms with Gasteiger partial charge in [0, 0.05) is 6.54 Å². The zero-order chi connectivity index (χ0) is 7.98. The number of aliphatic hydroxyl groups is 1. The van der Waals surface area contributed by atoms with Crippen LogP contribution in [0, 0.1) is 5.92 Å². The molecule has 0 aromatic rings. The van der Waals surface area contributed by atoms with Crippen molar-refractivity contribution in [3.05, 3.63) is 0 Å². The molecule has 0 saturated heterocycles. The zero-order valence-electron chi connectivity index (χ0n) is 7.22.